The molecule has 1 aromatic carbocycles. The highest BCUT2D eigenvalue weighted by molar-refractivity contribution is 8.16. The van der Waals surface area contributed by atoms with Gasteiger partial charge in [-0.15, -0.1) is 0 Å². The first-order chi connectivity index (χ1) is 11.3. The smallest absolute Gasteiger partial charge is 0.247 e. The summed E-state index contributed by atoms with van der Waals surface area (Å²) in [5.41, 5.74) is 0.709. The van der Waals surface area contributed by atoms with E-state index in [9.17, 15) is 13.2 Å². The first-order valence-electron chi connectivity index (χ1n) is 7.46. The summed E-state index contributed by atoms with van der Waals surface area (Å²) in [6, 6.07) is 4.98. The summed E-state index contributed by atoms with van der Waals surface area (Å²) in [5.74, 6) is 0.450. The van der Waals surface area contributed by atoms with E-state index < -0.39 is 9.84 Å². The second-order valence-corrected chi connectivity index (χ2v) is 9.40. The summed E-state index contributed by atoms with van der Waals surface area (Å²) < 4.78 is 29.1. The molecule has 2 atom stereocenters. The normalized spacial score (nSPS) is 26.6. The van der Waals surface area contributed by atoms with Gasteiger partial charge in [0.2, 0.25) is 5.91 Å². The average molecular weight is 389 g/mol. The van der Waals surface area contributed by atoms with Crippen molar-refractivity contribution in [1.82, 2.24) is 0 Å². The topological polar surface area (TPSA) is 76.0 Å². The van der Waals surface area contributed by atoms with E-state index in [1.807, 2.05) is 4.90 Å². The third kappa shape index (κ3) is 3.27. The molecule has 2 fully saturated rings. The Morgan fingerprint density at radius 1 is 1.46 bits per heavy atom. The van der Waals surface area contributed by atoms with Gasteiger partial charge in [0.25, 0.3) is 0 Å². The molecule has 9 heteroatoms. The molecule has 24 heavy (non-hydrogen) atoms. The van der Waals surface area contributed by atoms with Gasteiger partial charge in [-0.2, -0.15) is 4.99 Å². The van der Waals surface area contributed by atoms with E-state index in [0.29, 0.717) is 28.0 Å². The lowest BCUT2D eigenvalue weighted by Crippen LogP contribution is -2.37. The van der Waals surface area contributed by atoms with Gasteiger partial charge in [-0.1, -0.05) is 30.3 Å². The van der Waals surface area contributed by atoms with E-state index in [1.165, 1.54) is 18.9 Å². The Kier molecular flexibility index (Phi) is 4.81. The van der Waals surface area contributed by atoms with Gasteiger partial charge in [0.15, 0.2) is 15.0 Å². The number of amides is 1. The van der Waals surface area contributed by atoms with Gasteiger partial charge in [-0.3, -0.25) is 4.79 Å². The number of ether oxygens (including phenoxy) is 1. The highest BCUT2D eigenvalue weighted by Crippen LogP contribution is 2.42. The van der Waals surface area contributed by atoms with E-state index in [2.05, 4.69) is 4.99 Å². The number of halogens is 1. The van der Waals surface area contributed by atoms with Crippen LogP contribution in [0.4, 0.5) is 5.69 Å². The zero-order chi connectivity index (χ0) is 17.5. The SMILES string of the molecule is CCC(=O)N=C1S[C@H]2CS(=O)(=O)C[C@H]2N1c1ccc(OC)c(Cl)c1. The molecular weight excluding hydrogens is 372 g/mol. The molecule has 130 valence electrons. The minimum absolute atomic E-state index is 0.0493. The number of methoxy groups -OCH3 is 1. The molecule has 2 aliphatic heterocycles. The number of hydrogen-bond acceptors (Lipinski definition) is 5. The molecule has 2 aliphatic rings. The van der Waals surface area contributed by atoms with Gasteiger partial charge in [0, 0.05) is 17.4 Å². The number of sulfone groups is 1. The lowest BCUT2D eigenvalue weighted by Gasteiger charge is -2.25. The molecule has 0 aliphatic carbocycles. The van der Waals surface area contributed by atoms with E-state index in [-0.39, 0.29) is 28.7 Å². The van der Waals surface area contributed by atoms with E-state index in [4.69, 9.17) is 16.3 Å². The van der Waals surface area contributed by atoms with Crippen molar-refractivity contribution in [2.45, 2.75) is 24.6 Å². The predicted octanol–water partition coefficient (Wildman–Crippen LogP) is 2.36. The maximum Gasteiger partial charge on any atom is 0.247 e. The second-order valence-electron chi connectivity index (χ2n) is 5.63. The Balaban J connectivity index is 2.03. The lowest BCUT2D eigenvalue weighted by atomic mass is 10.2. The highest BCUT2D eigenvalue weighted by atomic mass is 35.5. The molecule has 0 N–H and O–H groups in total. The molecule has 0 spiro atoms. The monoisotopic (exact) mass is 388 g/mol. The maximum atomic E-state index is 12.0. The number of carbonyl (C=O) groups excluding carboxylic acids is 1. The molecule has 0 unspecified atom stereocenters. The number of rotatable bonds is 3. The fourth-order valence-corrected chi connectivity index (χ4v) is 7.04. The highest BCUT2D eigenvalue weighted by Gasteiger charge is 2.49. The van der Waals surface area contributed by atoms with Crippen molar-refractivity contribution in [3.05, 3.63) is 23.2 Å². The first kappa shape index (κ1) is 17.6. The summed E-state index contributed by atoms with van der Waals surface area (Å²) >= 11 is 7.55. The van der Waals surface area contributed by atoms with Gasteiger partial charge in [0.05, 0.1) is 29.7 Å². The van der Waals surface area contributed by atoms with Crippen LogP contribution in [0.5, 0.6) is 5.75 Å². The number of thioether (sulfide) groups is 1. The van der Waals surface area contributed by atoms with Crippen LogP contribution in [0.15, 0.2) is 23.2 Å². The molecule has 0 bridgehead atoms. The van der Waals surface area contributed by atoms with Gasteiger partial charge in [0.1, 0.15) is 5.75 Å². The standard InChI is InChI=1S/C15H17ClN2O4S2/c1-3-14(19)17-15-18(9-4-5-12(22-2)10(16)6-9)11-7-24(20,21)8-13(11)23-15/h4-6,11,13H,3,7-8H2,1-2H3/t11-,13+/m1/s1. The number of aliphatic imine (C=N–C) groups is 1. The van der Waals surface area contributed by atoms with Crippen LogP contribution in [0.1, 0.15) is 13.3 Å². The van der Waals surface area contributed by atoms with Gasteiger partial charge < -0.3 is 9.64 Å². The molecule has 1 amide bonds. The van der Waals surface area contributed by atoms with Crippen molar-refractivity contribution in [3.63, 3.8) is 0 Å². The van der Waals surface area contributed by atoms with Crippen LogP contribution in [-0.2, 0) is 14.6 Å². The number of fused-ring (bicyclic) bond motifs is 1. The van der Waals surface area contributed by atoms with Gasteiger partial charge in [-0.05, 0) is 18.2 Å². The molecule has 3 rings (SSSR count). The molecule has 0 radical (unpaired) electrons. The van der Waals surface area contributed by atoms with Crippen molar-refractivity contribution in [2.24, 2.45) is 4.99 Å². The van der Waals surface area contributed by atoms with Crippen LogP contribution in [0.25, 0.3) is 0 Å². The number of amidine groups is 1. The van der Waals surface area contributed by atoms with Crippen LogP contribution in [0.2, 0.25) is 5.02 Å². The van der Waals surface area contributed by atoms with Crippen LogP contribution in [-0.4, -0.2) is 49.4 Å². The number of nitrogens with zero attached hydrogens (tertiary/aromatic N) is 2. The molecule has 2 heterocycles. The predicted molar refractivity (Wildman–Crippen MR) is 97.0 cm³/mol. The Morgan fingerprint density at radius 3 is 2.83 bits per heavy atom. The quantitative estimate of drug-likeness (QED) is 0.791. The molecule has 1 aromatic rings. The first-order valence-corrected chi connectivity index (χ1v) is 10.5. The number of benzene rings is 1. The summed E-state index contributed by atoms with van der Waals surface area (Å²) in [4.78, 5) is 17.7. The lowest BCUT2D eigenvalue weighted by molar-refractivity contribution is -0.117. The minimum Gasteiger partial charge on any atom is -0.495 e. The van der Waals surface area contributed by atoms with Gasteiger partial charge in [-0.25, -0.2) is 8.42 Å². The van der Waals surface area contributed by atoms with Crippen molar-refractivity contribution in [1.29, 1.82) is 0 Å². The average Bonchev–Trinajstić information content (AvgIpc) is 2.97. The Labute approximate surface area is 150 Å². The zero-order valence-electron chi connectivity index (χ0n) is 13.2. The largest absolute Gasteiger partial charge is 0.495 e. The molecular formula is C15H17ClN2O4S2. The van der Waals surface area contributed by atoms with E-state index in [1.54, 1.807) is 25.1 Å². The fraction of sp³-hybridized carbons (Fsp3) is 0.467. The maximum absolute atomic E-state index is 12.0. The number of anilines is 1. The van der Waals surface area contributed by atoms with Crippen LogP contribution >= 0.6 is 23.4 Å². The zero-order valence-corrected chi connectivity index (χ0v) is 15.6. The third-order valence-electron chi connectivity index (χ3n) is 4.00. The molecule has 0 aromatic heterocycles. The van der Waals surface area contributed by atoms with Crippen LogP contribution < -0.4 is 9.64 Å². The van der Waals surface area contributed by atoms with Gasteiger partial charge >= 0.3 is 0 Å². The van der Waals surface area contributed by atoms with Crippen LogP contribution in [0, 0.1) is 0 Å². The van der Waals surface area contributed by atoms with Crippen molar-refractivity contribution < 1.29 is 17.9 Å². The summed E-state index contributed by atoms with van der Waals surface area (Å²) in [6.45, 7) is 1.74. The van der Waals surface area contributed by atoms with Crippen molar-refractivity contribution in [3.8, 4) is 5.75 Å². The summed E-state index contributed by atoms with van der Waals surface area (Å²) in [7, 11) is -1.56. The van der Waals surface area contributed by atoms with E-state index >= 15 is 0 Å². The number of hydrogen-bond donors (Lipinski definition) is 0. The Bertz CT molecular complexity index is 810. The minimum atomic E-state index is -3.09. The third-order valence-corrected chi connectivity index (χ3v) is 7.51. The number of carbonyl (C=O) groups is 1. The Hall–Kier alpha value is -1.25. The van der Waals surface area contributed by atoms with Crippen molar-refractivity contribution in [2.75, 3.05) is 23.5 Å². The summed E-state index contributed by atoms with van der Waals surface area (Å²) in [5, 5.41) is 0.831. The Morgan fingerprint density at radius 2 is 2.21 bits per heavy atom. The van der Waals surface area contributed by atoms with E-state index in [0.717, 1.165) is 0 Å². The van der Waals surface area contributed by atoms with Crippen molar-refractivity contribution >= 4 is 50.0 Å². The fourth-order valence-electron chi connectivity index (χ4n) is 2.86. The molecule has 6 nitrogen and oxygen atoms in total. The van der Waals surface area contributed by atoms with Crippen LogP contribution in [0.3, 0.4) is 0 Å². The molecule has 2 saturated heterocycles. The molecule has 0 saturated carbocycles. The second kappa shape index (κ2) is 6.57. The summed E-state index contributed by atoms with van der Waals surface area (Å²) in [6.07, 6.45) is 0.300.